The number of aryl methyl sites for hydroxylation is 1. The van der Waals surface area contributed by atoms with Crippen LogP contribution < -0.4 is 5.32 Å². The minimum absolute atomic E-state index is 0.248. The largest absolute Gasteiger partial charge is 0.335 e. The molecule has 0 radical (unpaired) electrons. The fourth-order valence-corrected chi connectivity index (χ4v) is 1.07. The lowest BCUT2D eigenvalue weighted by Gasteiger charge is -2.09. The number of nitrogens with zero attached hydrogens (tertiary/aromatic N) is 3. The second kappa shape index (κ2) is 3.88. The molecule has 1 rings (SSSR count). The van der Waals surface area contributed by atoms with Gasteiger partial charge in [0.05, 0.1) is 24.3 Å². The second-order valence-electron chi connectivity index (χ2n) is 2.55. The summed E-state index contributed by atoms with van der Waals surface area (Å²) in [7, 11) is 1.88. The molecule has 12 heavy (non-hydrogen) atoms. The fraction of sp³-hybridized carbons (Fsp3) is 0.500. The van der Waals surface area contributed by atoms with Gasteiger partial charge in [0, 0.05) is 7.05 Å². The molecule has 4 heteroatoms. The Morgan fingerprint density at radius 2 is 2.58 bits per heavy atom. The first-order chi connectivity index (χ1) is 5.79. The van der Waals surface area contributed by atoms with Gasteiger partial charge in [-0.15, -0.1) is 0 Å². The maximum absolute atomic E-state index is 8.80. The fourth-order valence-electron chi connectivity index (χ4n) is 1.07. The molecular weight excluding hydrogens is 152 g/mol. The molecule has 0 amide bonds. The highest BCUT2D eigenvalue weighted by Crippen LogP contribution is 2.08. The van der Waals surface area contributed by atoms with E-state index in [-0.39, 0.29) is 6.04 Å². The first kappa shape index (κ1) is 8.75. The van der Waals surface area contributed by atoms with Gasteiger partial charge in [0.1, 0.15) is 6.04 Å². The molecule has 4 nitrogen and oxygen atoms in total. The lowest BCUT2D eigenvalue weighted by molar-refractivity contribution is 0.618. The molecule has 1 N–H and O–H groups in total. The average Bonchev–Trinajstić information content (AvgIpc) is 2.47. The zero-order valence-corrected chi connectivity index (χ0v) is 7.28. The van der Waals surface area contributed by atoms with Crippen LogP contribution in [0.5, 0.6) is 0 Å². The van der Waals surface area contributed by atoms with Crippen LogP contribution >= 0.6 is 0 Å². The monoisotopic (exact) mass is 164 g/mol. The van der Waals surface area contributed by atoms with E-state index in [2.05, 4.69) is 16.4 Å². The summed E-state index contributed by atoms with van der Waals surface area (Å²) in [6, 6.07) is 1.93. The third-order valence-corrected chi connectivity index (χ3v) is 1.69. The summed E-state index contributed by atoms with van der Waals surface area (Å²) in [5.74, 6) is 0. The zero-order valence-electron chi connectivity index (χ0n) is 7.28. The molecule has 0 aliphatic carbocycles. The Hall–Kier alpha value is -1.34. The second-order valence-corrected chi connectivity index (χ2v) is 2.55. The normalized spacial score (nSPS) is 12.4. The van der Waals surface area contributed by atoms with Gasteiger partial charge in [0.2, 0.25) is 0 Å². The summed E-state index contributed by atoms with van der Waals surface area (Å²) in [5, 5.41) is 11.9. The smallest absolute Gasteiger partial charge is 0.138 e. The first-order valence-corrected chi connectivity index (χ1v) is 3.88. The number of imidazole rings is 1. The molecule has 0 spiro atoms. The Labute approximate surface area is 71.8 Å². The molecule has 64 valence electrons. The standard InChI is InChI=1S/C8H12N4/c1-3-11-7(4-9)8-5-10-6-12(8)2/h5-7,11H,3H2,1-2H3. The van der Waals surface area contributed by atoms with Crippen LogP contribution in [-0.2, 0) is 7.05 Å². The van der Waals surface area contributed by atoms with Crippen molar-refractivity contribution in [3.05, 3.63) is 18.2 Å². The molecule has 0 aromatic carbocycles. The number of aromatic nitrogens is 2. The summed E-state index contributed by atoms with van der Waals surface area (Å²) >= 11 is 0. The minimum atomic E-state index is -0.248. The van der Waals surface area contributed by atoms with E-state index < -0.39 is 0 Å². The van der Waals surface area contributed by atoms with E-state index in [9.17, 15) is 0 Å². The molecule has 1 aromatic heterocycles. The van der Waals surface area contributed by atoms with Gasteiger partial charge in [0.25, 0.3) is 0 Å². The molecule has 1 unspecified atom stereocenters. The average molecular weight is 164 g/mol. The van der Waals surface area contributed by atoms with Crippen LogP contribution in [0.2, 0.25) is 0 Å². The Morgan fingerprint density at radius 3 is 3.00 bits per heavy atom. The Balaban J connectivity index is 2.81. The number of hydrogen-bond donors (Lipinski definition) is 1. The molecule has 0 saturated carbocycles. The molecule has 0 fully saturated rings. The van der Waals surface area contributed by atoms with Gasteiger partial charge in [-0.25, -0.2) is 4.98 Å². The highest BCUT2D eigenvalue weighted by Gasteiger charge is 2.11. The van der Waals surface area contributed by atoms with Gasteiger partial charge < -0.3 is 4.57 Å². The number of nitriles is 1. The van der Waals surface area contributed by atoms with Crippen LogP contribution in [-0.4, -0.2) is 16.1 Å². The van der Waals surface area contributed by atoms with Crippen LogP contribution in [0, 0.1) is 11.3 Å². The lowest BCUT2D eigenvalue weighted by atomic mass is 10.2. The van der Waals surface area contributed by atoms with Crippen molar-refractivity contribution in [2.75, 3.05) is 6.54 Å². The van der Waals surface area contributed by atoms with Gasteiger partial charge in [-0.3, -0.25) is 5.32 Å². The molecule has 0 aliphatic rings. The number of hydrogen-bond acceptors (Lipinski definition) is 3. The third kappa shape index (κ3) is 1.63. The Bertz CT molecular complexity index is 283. The number of rotatable bonds is 3. The van der Waals surface area contributed by atoms with Crippen LogP contribution in [0.3, 0.4) is 0 Å². The summed E-state index contributed by atoms with van der Waals surface area (Å²) in [6.07, 6.45) is 3.40. The molecule has 1 heterocycles. The maximum atomic E-state index is 8.80. The van der Waals surface area contributed by atoms with Crippen molar-refractivity contribution >= 4 is 0 Å². The quantitative estimate of drug-likeness (QED) is 0.711. The third-order valence-electron chi connectivity index (χ3n) is 1.69. The van der Waals surface area contributed by atoms with Crippen LogP contribution in [0.4, 0.5) is 0 Å². The highest BCUT2D eigenvalue weighted by atomic mass is 15.1. The van der Waals surface area contributed by atoms with E-state index in [0.29, 0.717) is 0 Å². The predicted octanol–water partition coefficient (Wildman–Crippen LogP) is 0.594. The van der Waals surface area contributed by atoms with Crippen molar-refractivity contribution < 1.29 is 0 Å². The van der Waals surface area contributed by atoms with Crippen molar-refractivity contribution in [2.24, 2.45) is 7.05 Å². The molecule has 0 bridgehead atoms. The first-order valence-electron chi connectivity index (χ1n) is 3.88. The van der Waals surface area contributed by atoms with Crippen molar-refractivity contribution in [1.82, 2.24) is 14.9 Å². The van der Waals surface area contributed by atoms with E-state index in [1.54, 1.807) is 12.5 Å². The molecule has 1 atom stereocenters. The minimum Gasteiger partial charge on any atom is -0.335 e. The number of nitrogens with one attached hydrogen (secondary N) is 1. The van der Waals surface area contributed by atoms with Gasteiger partial charge in [0.15, 0.2) is 0 Å². The van der Waals surface area contributed by atoms with Gasteiger partial charge in [-0.2, -0.15) is 5.26 Å². The highest BCUT2D eigenvalue weighted by molar-refractivity contribution is 5.13. The van der Waals surface area contributed by atoms with Crippen LogP contribution in [0.1, 0.15) is 18.7 Å². The summed E-state index contributed by atoms with van der Waals surface area (Å²) in [4.78, 5) is 3.94. The molecule has 1 aromatic rings. The molecular formula is C8H12N4. The van der Waals surface area contributed by atoms with E-state index in [1.165, 1.54) is 0 Å². The molecule has 0 saturated heterocycles. The van der Waals surface area contributed by atoms with Crippen molar-refractivity contribution in [3.8, 4) is 6.07 Å². The predicted molar refractivity (Wildman–Crippen MR) is 45.2 cm³/mol. The topological polar surface area (TPSA) is 53.6 Å². The van der Waals surface area contributed by atoms with Crippen molar-refractivity contribution in [3.63, 3.8) is 0 Å². The van der Waals surface area contributed by atoms with E-state index in [0.717, 1.165) is 12.2 Å². The zero-order chi connectivity index (χ0) is 8.97. The van der Waals surface area contributed by atoms with Crippen LogP contribution in [0.25, 0.3) is 0 Å². The summed E-state index contributed by atoms with van der Waals surface area (Å²) in [5.41, 5.74) is 0.902. The van der Waals surface area contributed by atoms with Gasteiger partial charge in [-0.1, -0.05) is 6.92 Å². The molecule has 0 aliphatic heterocycles. The van der Waals surface area contributed by atoms with Crippen molar-refractivity contribution in [1.29, 1.82) is 5.26 Å². The SMILES string of the molecule is CCNC(C#N)c1cncn1C. The lowest BCUT2D eigenvalue weighted by Crippen LogP contribution is -2.21. The summed E-state index contributed by atoms with van der Waals surface area (Å²) in [6.45, 7) is 2.75. The Kier molecular flexibility index (Phi) is 2.83. The Morgan fingerprint density at radius 1 is 1.83 bits per heavy atom. The maximum Gasteiger partial charge on any atom is 0.138 e. The van der Waals surface area contributed by atoms with Gasteiger partial charge >= 0.3 is 0 Å². The van der Waals surface area contributed by atoms with E-state index >= 15 is 0 Å². The van der Waals surface area contributed by atoms with Gasteiger partial charge in [-0.05, 0) is 6.54 Å². The van der Waals surface area contributed by atoms with Crippen LogP contribution in [0.15, 0.2) is 12.5 Å². The van der Waals surface area contributed by atoms with Crippen molar-refractivity contribution in [2.45, 2.75) is 13.0 Å². The van der Waals surface area contributed by atoms with E-state index in [1.807, 2.05) is 18.5 Å². The summed E-state index contributed by atoms with van der Waals surface area (Å²) < 4.78 is 1.84. The van der Waals surface area contributed by atoms with E-state index in [4.69, 9.17) is 5.26 Å².